The lowest BCUT2D eigenvalue weighted by atomic mass is 9.94. The molecule has 104 valence electrons. The Balaban J connectivity index is 1.56. The van der Waals surface area contributed by atoms with E-state index < -0.39 is 0 Å². The van der Waals surface area contributed by atoms with Crippen LogP contribution in [0.3, 0.4) is 0 Å². The van der Waals surface area contributed by atoms with Crippen LogP contribution >= 0.6 is 0 Å². The summed E-state index contributed by atoms with van der Waals surface area (Å²) in [4.78, 5) is 0. The number of nitrogens with zero attached hydrogens (tertiary/aromatic N) is 2. The fourth-order valence-electron chi connectivity index (χ4n) is 5.25. The van der Waals surface area contributed by atoms with Gasteiger partial charge in [0.1, 0.15) is 0 Å². The fraction of sp³-hybridized carbons (Fsp3) is 0.812. The smallest absolute Gasteiger partial charge is 0.0537 e. The normalized spacial score (nSPS) is 40.4. The zero-order valence-electron chi connectivity index (χ0n) is 12.0. The average Bonchev–Trinajstić information content (AvgIpc) is 2.84. The van der Waals surface area contributed by atoms with E-state index in [0.29, 0.717) is 6.04 Å². The van der Waals surface area contributed by atoms with Crippen molar-refractivity contribution in [2.75, 3.05) is 6.54 Å². The summed E-state index contributed by atoms with van der Waals surface area (Å²) in [5.41, 5.74) is 1.42. The second-order valence-electron chi connectivity index (χ2n) is 6.73. The van der Waals surface area contributed by atoms with Crippen LogP contribution in [0.1, 0.15) is 44.7 Å². The predicted octanol–water partition coefficient (Wildman–Crippen LogP) is 2.85. The molecule has 5 atom stereocenters. The fourth-order valence-corrected chi connectivity index (χ4v) is 5.25. The number of aromatic nitrogens is 2. The molecule has 1 aromatic heterocycles. The molecule has 19 heavy (non-hydrogen) atoms. The highest BCUT2D eigenvalue weighted by molar-refractivity contribution is 5.23. The molecule has 0 saturated heterocycles. The van der Waals surface area contributed by atoms with Gasteiger partial charge < -0.3 is 5.32 Å². The van der Waals surface area contributed by atoms with Crippen LogP contribution in [0.2, 0.25) is 0 Å². The molecule has 4 rings (SSSR count). The van der Waals surface area contributed by atoms with Gasteiger partial charge in [0, 0.05) is 24.3 Å². The van der Waals surface area contributed by atoms with Gasteiger partial charge in [0.25, 0.3) is 0 Å². The van der Waals surface area contributed by atoms with Crippen LogP contribution in [-0.4, -0.2) is 16.3 Å². The second kappa shape index (κ2) is 4.34. The molecule has 5 unspecified atom stereocenters. The molecule has 3 aliphatic rings. The molecule has 3 heteroatoms. The van der Waals surface area contributed by atoms with Crippen LogP contribution in [0.25, 0.3) is 0 Å². The van der Waals surface area contributed by atoms with Gasteiger partial charge in [0.15, 0.2) is 0 Å². The van der Waals surface area contributed by atoms with Gasteiger partial charge in [0.2, 0.25) is 0 Å². The molecule has 0 aliphatic heterocycles. The van der Waals surface area contributed by atoms with E-state index in [9.17, 15) is 0 Å². The van der Waals surface area contributed by atoms with E-state index >= 15 is 0 Å². The summed E-state index contributed by atoms with van der Waals surface area (Å²) in [5.74, 6) is 5.09. The molecule has 1 aromatic rings. The number of fused-ring (bicyclic) bond motifs is 5. The molecule has 3 nitrogen and oxygen atoms in total. The Bertz CT molecular complexity index is 450. The number of hydrogen-bond acceptors (Lipinski definition) is 2. The van der Waals surface area contributed by atoms with Crippen LogP contribution in [-0.2, 0) is 6.54 Å². The molecule has 3 fully saturated rings. The van der Waals surface area contributed by atoms with E-state index in [-0.39, 0.29) is 0 Å². The quantitative estimate of drug-likeness (QED) is 0.881. The first kappa shape index (κ1) is 12.0. The highest BCUT2D eigenvalue weighted by Crippen LogP contribution is 2.72. The minimum absolute atomic E-state index is 0.559. The molecule has 2 bridgehead atoms. The van der Waals surface area contributed by atoms with Crippen molar-refractivity contribution in [2.45, 2.75) is 45.7 Å². The maximum Gasteiger partial charge on any atom is 0.0537 e. The number of hydrogen-bond donors (Lipinski definition) is 1. The van der Waals surface area contributed by atoms with Crippen molar-refractivity contribution >= 4 is 0 Å². The van der Waals surface area contributed by atoms with Gasteiger partial charge in [-0.3, -0.25) is 4.68 Å². The van der Waals surface area contributed by atoms with Gasteiger partial charge in [-0.2, -0.15) is 5.10 Å². The van der Waals surface area contributed by atoms with Crippen molar-refractivity contribution in [1.82, 2.24) is 15.1 Å². The minimum Gasteiger partial charge on any atom is -0.310 e. The van der Waals surface area contributed by atoms with Crippen molar-refractivity contribution in [3.8, 4) is 0 Å². The molecule has 0 spiro atoms. The minimum atomic E-state index is 0.559. The Morgan fingerprint density at radius 2 is 2.05 bits per heavy atom. The summed E-state index contributed by atoms with van der Waals surface area (Å²) in [5, 5.41) is 8.21. The Morgan fingerprint density at radius 1 is 1.32 bits per heavy atom. The lowest BCUT2D eigenvalue weighted by molar-refractivity contribution is 0.374. The van der Waals surface area contributed by atoms with E-state index in [0.717, 1.165) is 42.7 Å². The Morgan fingerprint density at radius 3 is 2.63 bits per heavy atom. The topological polar surface area (TPSA) is 29.9 Å². The van der Waals surface area contributed by atoms with Gasteiger partial charge in [-0.1, -0.05) is 6.92 Å². The van der Waals surface area contributed by atoms with Crippen molar-refractivity contribution in [2.24, 2.45) is 29.6 Å². The Kier molecular flexibility index (Phi) is 2.73. The molecular weight excluding hydrogens is 234 g/mol. The maximum absolute atomic E-state index is 4.47. The Hall–Kier alpha value is -0.830. The van der Waals surface area contributed by atoms with Crippen LogP contribution in [0.15, 0.2) is 12.4 Å². The molecule has 3 aliphatic carbocycles. The summed E-state index contributed by atoms with van der Waals surface area (Å²) >= 11 is 0. The van der Waals surface area contributed by atoms with Crippen molar-refractivity contribution < 1.29 is 0 Å². The first-order valence-electron chi connectivity index (χ1n) is 8.09. The monoisotopic (exact) mass is 259 g/mol. The van der Waals surface area contributed by atoms with Crippen molar-refractivity contribution in [3.05, 3.63) is 18.0 Å². The molecule has 1 N–H and O–H groups in total. The lowest BCUT2D eigenvalue weighted by Crippen LogP contribution is -2.25. The van der Waals surface area contributed by atoms with Gasteiger partial charge >= 0.3 is 0 Å². The molecular formula is C16H25N3. The molecule has 1 heterocycles. The third-order valence-corrected chi connectivity index (χ3v) is 5.94. The summed E-state index contributed by atoms with van der Waals surface area (Å²) in [6.45, 7) is 6.42. The van der Waals surface area contributed by atoms with Gasteiger partial charge in [0.05, 0.1) is 6.20 Å². The molecule has 0 aromatic carbocycles. The predicted molar refractivity (Wildman–Crippen MR) is 75.6 cm³/mol. The van der Waals surface area contributed by atoms with Gasteiger partial charge in [-0.25, -0.2) is 0 Å². The van der Waals surface area contributed by atoms with Crippen molar-refractivity contribution in [1.29, 1.82) is 0 Å². The summed E-state index contributed by atoms with van der Waals surface area (Å²) in [6.07, 6.45) is 8.90. The second-order valence-corrected chi connectivity index (χ2v) is 6.73. The van der Waals surface area contributed by atoms with Crippen LogP contribution in [0.5, 0.6) is 0 Å². The van der Waals surface area contributed by atoms with E-state index in [1.807, 2.05) is 0 Å². The SMILES string of the molecule is CCNC(c1cnn(CC)c1)C1C2C3CCC(C3)C21. The third-order valence-electron chi connectivity index (χ3n) is 5.94. The van der Waals surface area contributed by atoms with E-state index in [4.69, 9.17) is 0 Å². The summed E-state index contributed by atoms with van der Waals surface area (Å²) < 4.78 is 2.06. The van der Waals surface area contributed by atoms with Gasteiger partial charge in [-0.05, 0) is 62.3 Å². The van der Waals surface area contributed by atoms with Gasteiger partial charge in [-0.15, -0.1) is 0 Å². The average molecular weight is 259 g/mol. The number of nitrogens with one attached hydrogen (secondary N) is 1. The van der Waals surface area contributed by atoms with Crippen molar-refractivity contribution in [3.63, 3.8) is 0 Å². The molecule has 0 amide bonds. The lowest BCUT2D eigenvalue weighted by Gasteiger charge is -2.20. The van der Waals surface area contributed by atoms with Crippen LogP contribution in [0.4, 0.5) is 0 Å². The number of rotatable bonds is 5. The summed E-state index contributed by atoms with van der Waals surface area (Å²) in [6, 6.07) is 0.559. The zero-order chi connectivity index (χ0) is 13.0. The number of aryl methyl sites for hydroxylation is 1. The Labute approximate surface area is 115 Å². The zero-order valence-corrected chi connectivity index (χ0v) is 12.0. The largest absolute Gasteiger partial charge is 0.310 e. The highest BCUT2D eigenvalue weighted by Gasteiger charge is 2.66. The summed E-state index contributed by atoms with van der Waals surface area (Å²) in [7, 11) is 0. The standard InChI is InChI=1S/C16H25N3/c1-3-17-16(12-8-18-19(4-2)9-12)15-13-10-5-6-11(7-10)14(13)15/h8-11,13-17H,3-7H2,1-2H3. The molecule has 3 saturated carbocycles. The highest BCUT2D eigenvalue weighted by atomic mass is 15.3. The van der Waals surface area contributed by atoms with Crippen LogP contribution < -0.4 is 5.32 Å². The maximum atomic E-state index is 4.47. The van der Waals surface area contributed by atoms with E-state index in [1.165, 1.54) is 18.4 Å². The van der Waals surface area contributed by atoms with E-state index in [2.05, 4.69) is 41.3 Å². The van der Waals surface area contributed by atoms with E-state index in [1.54, 1.807) is 6.42 Å². The molecule has 0 radical (unpaired) electrons. The first-order chi connectivity index (χ1) is 9.33. The van der Waals surface area contributed by atoms with Crippen LogP contribution in [0, 0.1) is 29.6 Å². The third kappa shape index (κ3) is 1.70. The first-order valence-corrected chi connectivity index (χ1v) is 8.09.